The van der Waals surface area contributed by atoms with Gasteiger partial charge in [-0.05, 0) is 47.5 Å². The quantitative estimate of drug-likeness (QED) is 0.198. The fourth-order valence-electron chi connectivity index (χ4n) is 7.39. The van der Waals surface area contributed by atoms with Gasteiger partial charge in [-0.1, -0.05) is 109 Å². The number of para-hydroxylation sites is 2. The van der Waals surface area contributed by atoms with Gasteiger partial charge in [-0.15, -0.1) is 11.3 Å². The van der Waals surface area contributed by atoms with E-state index in [2.05, 4.69) is 138 Å². The first-order valence-electron chi connectivity index (χ1n) is 15.7. The Labute approximate surface area is 273 Å². The van der Waals surface area contributed by atoms with Gasteiger partial charge in [0.05, 0.1) is 28.4 Å². The molecule has 3 nitrogen and oxygen atoms in total. The number of nitrogens with zero attached hydrogens (tertiary/aromatic N) is 2. The molecule has 0 bridgehead atoms. The molecule has 10 rings (SSSR count). The molecule has 0 spiro atoms. The summed E-state index contributed by atoms with van der Waals surface area (Å²) >= 11 is 1.85. The SMILES string of the molecule is N#Cc1ccc2c3ccccc3n(-c3cccc4c3oc3c(-c5ccccc5)ccc(-c5cccc6c5sc5ccccc56)c34)c2c1. The number of benzene rings is 7. The highest BCUT2D eigenvalue weighted by Gasteiger charge is 2.23. The third kappa shape index (κ3) is 3.72. The standard InChI is InChI=1S/C43H24N2OS/c44-25-26-20-21-30-29-12-4-6-17-36(29)45(38(30)24-26)37-18-9-16-35-40-32(23-22-28(42(40)46-41(35)37)27-10-2-1-3-11-27)34-15-8-14-33-31-13-5-7-19-39(31)47-43(33)34/h1-24H. The second-order valence-corrected chi connectivity index (χ2v) is 13.0. The maximum absolute atomic E-state index is 9.82. The normalized spacial score (nSPS) is 11.8. The minimum atomic E-state index is 0.628. The molecule has 0 aliphatic heterocycles. The van der Waals surface area contributed by atoms with E-state index in [0.29, 0.717) is 5.56 Å². The van der Waals surface area contributed by atoms with Crippen molar-refractivity contribution in [3.8, 4) is 34.0 Å². The predicted octanol–water partition coefficient (Wildman–Crippen LogP) is 12.3. The highest BCUT2D eigenvalue weighted by Crippen LogP contribution is 2.47. The van der Waals surface area contributed by atoms with Crippen molar-refractivity contribution in [2.24, 2.45) is 0 Å². The Hall–Kier alpha value is -6.15. The zero-order valence-corrected chi connectivity index (χ0v) is 25.9. The first kappa shape index (κ1) is 26.1. The number of hydrogen-bond donors (Lipinski definition) is 0. The van der Waals surface area contributed by atoms with Crippen LogP contribution < -0.4 is 0 Å². The van der Waals surface area contributed by atoms with E-state index in [1.807, 2.05) is 29.5 Å². The van der Waals surface area contributed by atoms with Gasteiger partial charge in [-0.2, -0.15) is 5.26 Å². The fourth-order valence-corrected chi connectivity index (χ4v) is 8.62. The van der Waals surface area contributed by atoms with Crippen LogP contribution in [0.25, 0.3) is 91.9 Å². The van der Waals surface area contributed by atoms with Crippen molar-refractivity contribution >= 4 is 75.3 Å². The number of rotatable bonds is 3. The van der Waals surface area contributed by atoms with Crippen molar-refractivity contribution < 1.29 is 4.42 Å². The Kier molecular flexibility index (Phi) is 5.51. The highest BCUT2D eigenvalue weighted by molar-refractivity contribution is 7.26. The minimum Gasteiger partial charge on any atom is -0.453 e. The number of fused-ring (bicyclic) bond motifs is 9. The van der Waals surface area contributed by atoms with Gasteiger partial charge in [0.1, 0.15) is 5.58 Å². The minimum absolute atomic E-state index is 0.628. The van der Waals surface area contributed by atoms with Crippen molar-refractivity contribution in [3.63, 3.8) is 0 Å². The van der Waals surface area contributed by atoms with Crippen LogP contribution in [0.1, 0.15) is 5.56 Å². The van der Waals surface area contributed by atoms with Crippen molar-refractivity contribution in [2.45, 2.75) is 0 Å². The Bertz CT molecular complexity index is 2920. The fraction of sp³-hybridized carbons (Fsp3) is 0. The van der Waals surface area contributed by atoms with E-state index in [1.54, 1.807) is 0 Å². The van der Waals surface area contributed by atoms with Crippen molar-refractivity contribution in [3.05, 3.63) is 151 Å². The summed E-state index contributed by atoms with van der Waals surface area (Å²) in [6, 6.07) is 53.4. The van der Waals surface area contributed by atoms with Gasteiger partial charge in [0.25, 0.3) is 0 Å². The second kappa shape index (κ2) is 9.92. The molecule has 4 heteroatoms. The molecule has 218 valence electrons. The lowest BCUT2D eigenvalue weighted by Gasteiger charge is -2.10. The summed E-state index contributed by atoms with van der Waals surface area (Å²) < 4.78 is 11.9. The van der Waals surface area contributed by atoms with Crippen LogP contribution >= 0.6 is 11.3 Å². The van der Waals surface area contributed by atoms with Crippen LogP contribution in [0.15, 0.2) is 150 Å². The number of furan rings is 1. The largest absolute Gasteiger partial charge is 0.453 e. The van der Waals surface area contributed by atoms with Crippen LogP contribution in [0.4, 0.5) is 0 Å². The molecular formula is C43H24N2OS. The molecule has 0 amide bonds. The summed E-state index contributed by atoms with van der Waals surface area (Å²) in [5.41, 5.74) is 9.85. The number of aromatic nitrogens is 1. The third-order valence-corrected chi connectivity index (χ3v) is 10.7. The third-order valence-electron chi connectivity index (χ3n) is 9.45. The average Bonchev–Trinajstić information content (AvgIpc) is 3.81. The molecule has 0 fully saturated rings. The summed E-state index contributed by atoms with van der Waals surface area (Å²) in [6.45, 7) is 0. The highest BCUT2D eigenvalue weighted by atomic mass is 32.1. The summed E-state index contributed by atoms with van der Waals surface area (Å²) in [5, 5.41) is 16.8. The predicted molar refractivity (Wildman–Crippen MR) is 197 cm³/mol. The van der Waals surface area contributed by atoms with Crippen LogP contribution in [-0.4, -0.2) is 4.57 Å². The van der Waals surface area contributed by atoms with Gasteiger partial charge < -0.3 is 8.98 Å². The second-order valence-electron chi connectivity index (χ2n) is 12.0. The Balaban J connectivity index is 1.35. The number of nitriles is 1. The van der Waals surface area contributed by atoms with Gasteiger partial charge in [0, 0.05) is 52.8 Å². The molecule has 0 aliphatic carbocycles. The summed E-state index contributed by atoms with van der Waals surface area (Å²) in [5.74, 6) is 0. The van der Waals surface area contributed by atoms with Crippen LogP contribution in [0.3, 0.4) is 0 Å². The van der Waals surface area contributed by atoms with Crippen molar-refractivity contribution in [1.29, 1.82) is 5.26 Å². The zero-order chi connectivity index (χ0) is 31.1. The molecular weight excluding hydrogens is 593 g/mol. The van der Waals surface area contributed by atoms with Crippen molar-refractivity contribution in [1.82, 2.24) is 4.57 Å². The molecule has 0 saturated carbocycles. The summed E-state index contributed by atoms with van der Waals surface area (Å²) in [6.07, 6.45) is 0. The first-order chi connectivity index (χ1) is 23.3. The maximum atomic E-state index is 9.82. The van der Waals surface area contributed by atoms with E-state index in [4.69, 9.17) is 4.42 Å². The Morgan fingerprint density at radius 2 is 1.26 bits per heavy atom. The first-order valence-corrected chi connectivity index (χ1v) is 16.5. The monoisotopic (exact) mass is 616 g/mol. The summed E-state index contributed by atoms with van der Waals surface area (Å²) in [7, 11) is 0. The van der Waals surface area contributed by atoms with Gasteiger partial charge in [0.2, 0.25) is 0 Å². The molecule has 0 atom stereocenters. The molecule has 10 aromatic rings. The molecule has 47 heavy (non-hydrogen) atoms. The van der Waals surface area contributed by atoms with E-state index >= 15 is 0 Å². The van der Waals surface area contributed by atoms with E-state index < -0.39 is 0 Å². The topological polar surface area (TPSA) is 41.9 Å². The maximum Gasteiger partial charge on any atom is 0.159 e. The molecule has 3 aromatic heterocycles. The molecule has 3 heterocycles. The molecule has 0 saturated heterocycles. The van der Waals surface area contributed by atoms with Crippen LogP contribution in [0, 0.1) is 11.3 Å². The van der Waals surface area contributed by atoms with Gasteiger partial charge in [0.15, 0.2) is 5.58 Å². The zero-order valence-electron chi connectivity index (χ0n) is 25.1. The molecule has 0 unspecified atom stereocenters. The summed E-state index contributed by atoms with van der Waals surface area (Å²) in [4.78, 5) is 0. The lowest BCUT2D eigenvalue weighted by atomic mass is 9.94. The molecule has 0 N–H and O–H groups in total. The van der Waals surface area contributed by atoms with E-state index in [9.17, 15) is 5.26 Å². The Morgan fingerprint density at radius 1 is 0.532 bits per heavy atom. The van der Waals surface area contributed by atoms with Gasteiger partial charge in [-0.25, -0.2) is 0 Å². The number of thiophene rings is 1. The van der Waals surface area contributed by atoms with E-state index in [1.165, 1.54) is 25.7 Å². The molecule has 7 aromatic carbocycles. The van der Waals surface area contributed by atoms with E-state index in [0.717, 1.165) is 66.1 Å². The van der Waals surface area contributed by atoms with Crippen LogP contribution in [0.5, 0.6) is 0 Å². The van der Waals surface area contributed by atoms with Gasteiger partial charge >= 0.3 is 0 Å². The van der Waals surface area contributed by atoms with E-state index in [-0.39, 0.29) is 0 Å². The van der Waals surface area contributed by atoms with Crippen LogP contribution in [0.2, 0.25) is 0 Å². The Morgan fingerprint density at radius 3 is 2.15 bits per heavy atom. The molecule has 0 aliphatic rings. The number of hydrogen-bond acceptors (Lipinski definition) is 3. The van der Waals surface area contributed by atoms with Crippen LogP contribution in [-0.2, 0) is 0 Å². The lowest BCUT2D eigenvalue weighted by Crippen LogP contribution is -1.94. The molecule has 0 radical (unpaired) electrons. The van der Waals surface area contributed by atoms with Crippen molar-refractivity contribution in [2.75, 3.05) is 0 Å². The average molecular weight is 617 g/mol. The van der Waals surface area contributed by atoms with Gasteiger partial charge in [-0.3, -0.25) is 0 Å². The smallest absolute Gasteiger partial charge is 0.159 e. The lowest BCUT2D eigenvalue weighted by molar-refractivity contribution is 0.667.